The predicted octanol–water partition coefficient (Wildman–Crippen LogP) is 4.16. The zero-order chi connectivity index (χ0) is 18.1. The molecule has 0 aliphatic rings. The second-order valence-corrected chi connectivity index (χ2v) is 7.92. The maximum absolute atomic E-state index is 4.27. The molecular formula is C19H34N6. The fourth-order valence-corrected chi connectivity index (χ4v) is 2.79. The molecule has 0 saturated heterocycles. The molecular weight excluding hydrogens is 312 g/mol. The van der Waals surface area contributed by atoms with E-state index in [1.165, 1.54) is 44.9 Å². The number of aromatic nitrogens is 6. The Morgan fingerprint density at radius 3 is 1.76 bits per heavy atom. The van der Waals surface area contributed by atoms with Gasteiger partial charge in [0, 0.05) is 30.9 Å². The zero-order valence-electron chi connectivity index (χ0n) is 16.4. The van der Waals surface area contributed by atoms with E-state index in [4.69, 9.17) is 0 Å². The lowest BCUT2D eigenvalue weighted by molar-refractivity contribution is 0.494. The molecule has 25 heavy (non-hydrogen) atoms. The van der Waals surface area contributed by atoms with E-state index in [1.807, 2.05) is 9.36 Å². The van der Waals surface area contributed by atoms with Crippen LogP contribution in [0.1, 0.15) is 84.0 Å². The molecule has 0 radical (unpaired) electrons. The topological polar surface area (TPSA) is 61.4 Å². The van der Waals surface area contributed by atoms with E-state index in [1.54, 1.807) is 0 Å². The maximum atomic E-state index is 4.27. The number of nitrogens with zero attached hydrogens (tertiary/aromatic N) is 6. The Morgan fingerprint density at radius 1 is 0.760 bits per heavy atom. The number of aryl methyl sites for hydroxylation is 3. The van der Waals surface area contributed by atoms with Crippen LogP contribution in [0.4, 0.5) is 0 Å². The molecule has 2 aromatic rings. The van der Waals surface area contributed by atoms with Gasteiger partial charge in [-0.1, -0.05) is 70.2 Å². The van der Waals surface area contributed by atoms with E-state index >= 15 is 0 Å². The Hall–Kier alpha value is -1.72. The number of hydrogen-bond donors (Lipinski definition) is 0. The van der Waals surface area contributed by atoms with Gasteiger partial charge in [-0.15, -0.1) is 10.2 Å². The molecule has 0 aliphatic heterocycles. The summed E-state index contributed by atoms with van der Waals surface area (Å²) in [7, 11) is 0. The van der Waals surface area contributed by atoms with Gasteiger partial charge in [-0.2, -0.15) is 0 Å². The average molecular weight is 347 g/mol. The van der Waals surface area contributed by atoms with Gasteiger partial charge in [-0.05, 0) is 19.3 Å². The molecule has 6 heteroatoms. The summed E-state index contributed by atoms with van der Waals surface area (Å²) in [6.45, 7) is 10.6. The minimum Gasteiger partial charge on any atom is -0.252 e. The second kappa shape index (κ2) is 9.68. The van der Waals surface area contributed by atoms with Crippen molar-refractivity contribution < 1.29 is 0 Å². The van der Waals surface area contributed by atoms with Gasteiger partial charge >= 0.3 is 0 Å². The summed E-state index contributed by atoms with van der Waals surface area (Å²) >= 11 is 0. The molecule has 0 N–H and O–H groups in total. The Balaban J connectivity index is 1.46. The van der Waals surface area contributed by atoms with Crippen molar-refractivity contribution in [2.75, 3.05) is 0 Å². The maximum Gasteiger partial charge on any atom is 0.0880 e. The van der Waals surface area contributed by atoms with Crippen molar-refractivity contribution in [3.05, 3.63) is 23.8 Å². The first-order valence-corrected chi connectivity index (χ1v) is 9.78. The Kier molecular flexibility index (Phi) is 7.59. The van der Waals surface area contributed by atoms with Crippen molar-refractivity contribution in [3.63, 3.8) is 0 Å². The van der Waals surface area contributed by atoms with Crippen molar-refractivity contribution in [2.24, 2.45) is 0 Å². The Labute approximate surface area is 152 Å². The van der Waals surface area contributed by atoms with Crippen LogP contribution in [-0.4, -0.2) is 30.0 Å². The molecule has 0 fully saturated rings. The average Bonchev–Trinajstić information content (AvgIpc) is 3.22. The SMILES string of the molecule is CCc1cn(CCCCCCCCCn2cc(C(C)(C)C)nn2)nn1. The first-order valence-electron chi connectivity index (χ1n) is 9.78. The highest BCUT2D eigenvalue weighted by atomic mass is 15.4. The van der Waals surface area contributed by atoms with Gasteiger partial charge in [-0.3, -0.25) is 9.36 Å². The molecule has 2 heterocycles. The minimum atomic E-state index is 0.0859. The molecule has 0 aromatic carbocycles. The van der Waals surface area contributed by atoms with Crippen molar-refractivity contribution in [1.29, 1.82) is 0 Å². The van der Waals surface area contributed by atoms with Crippen LogP contribution in [-0.2, 0) is 24.9 Å². The number of unbranched alkanes of at least 4 members (excludes halogenated alkanes) is 6. The molecule has 0 spiro atoms. The Bertz CT molecular complexity index is 607. The van der Waals surface area contributed by atoms with Crippen molar-refractivity contribution >= 4 is 0 Å². The number of hydrogen-bond acceptors (Lipinski definition) is 4. The molecule has 2 rings (SSSR count). The molecule has 0 atom stereocenters. The van der Waals surface area contributed by atoms with Gasteiger partial charge in [-0.25, -0.2) is 0 Å². The van der Waals surface area contributed by atoms with Crippen molar-refractivity contribution in [2.45, 2.75) is 97.6 Å². The van der Waals surface area contributed by atoms with Crippen LogP contribution in [0.25, 0.3) is 0 Å². The molecule has 0 aliphatic carbocycles. The fraction of sp³-hybridized carbons (Fsp3) is 0.789. The van der Waals surface area contributed by atoms with Crippen LogP contribution in [0.2, 0.25) is 0 Å². The van der Waals surface area contributed by atoms with E-state index in [2.05, 4.69) is 60.7 Å². The lowest BCUT2D eigenvalue weighted by atomic mass is 9.93. The largest absolute Gasteiger partial charge is 0.252 e. The molecule has 0 saturated carbocycles. The van der Waals surface area contributed by atoms with Crippen LogP contribution in [0.15, 0.2) is 12.4 Å². The smallest absolute Gasteiger partial charge is 0.0880 e. The van der Waals surface area contributed by atoms with Gasteiger partial charge in [0.1, 0.15) is 0 Å². The highest BCUT2D eigenvalue weighted by Crippen LogP contribution is 2.18. The summed E-state index contributed by atoms with van der Waals surface area (Å²) in [5.74, 6) is 0. The standard InChI is InChI=1S/C19H34N6/c1-5-17-15-24(22-20-17)13-11-9-7-6-8-10-12-14-25-16-18(21-23-25)19(2,3)4/h15-16H,5-14H2,1-4H3. The summed E-state index contributed by atoms with van der Waals surface area (Å²) in [5.41, 5.74) is 2.25. The quantitative estimate of drug-likeness (QED) is 0.573. The Morgan fingerprint density at radius 2 is 1.28 bits per heavy atom. The van der Waals surface area contributed by atoms with Crippen LogP contribution in [0, 0.1) is 0 Å². The third-order valence-corrected chi connectivity index (χ3v) is 4.53. The van der Waals surface area contributed by atoms with Crippen LogP contribution < -0.4 is 0 Å². The lowest BCUT2D eigenvalue weighted by Crippen LogP contribution is -2.11. The molecule has 0 unspecified atom stereocenters. The van der Waals surface area contributed by atoms with E-state index in [0.717, 1.165) is 30.9 Å². The summed E-state index contributed by atoms with van der Waals surface area (Å²) in [6, 6.07) is 0. The van der Waals surface area contributed by atoms with Crippen molar-refractivity contribution in [1.82, 2.24) is 30.0 Å². The fourth-order valence-electron chi connectivity index (χ4n) is 2.79. The van der Waals surface area contributed by atoms with Crippen LogP contribution in [0.5, 0.6) is 0 Å². The summed E-state index contributed by atoms with van der Waals surface area (Å²) in [5, 5.41) is 16.8. The van der Waals surface area contributed by atoms with E-state index < -0.39 is 0 Å². The second-order valence-electron chi connectivity index (χ2n) is 7.92. The molecule has 6 nitrogen and oxygen atoms in total. The van der Waals surface area contributed by atoms with Crippen LogP contribution >= 0.6 is 0 Å². The summed E-state index contributed by atoms with van der Waals surface area (Å²) in [6.07, 6.45) is 14.0. The minimum absolute atomic E-state index is 0.0859. The van der Waals surface area contributed by atoms with Gasteiger partial charge < -0.3 is 0 Å². The van der Waals surface area contributed by atoms with Gasteiger partial charge in [0.2, 0.25) is 0 Å². The van der Waals surface area contributed by atoms with Crippen LogP contribution in [0.3, 0.4) is 0 Å². The highest BCUT2D eigenvalue weighted by Gasteiger charge is 2.17. The van der Waals surface area contributed by atoms with Gasteiger partial charge in [0.25, 0.3) is 0 Å². The molecule has 0 amide bonds. The monoisotopic (exact) mass is 346 g/mol. The van der Waals surface area contributed by atoms with Gasteiger partial charge in [0.15, 0.2) is 0 Å². The van der Waals surface area contributed by atoms with E-state index in [9.17, 15) is 0 Å². The van der Waals surface area contributed by atoms with E-state index in [0.29, 0.717) is 0 Å². The summed E-state index contributed by atoms with van der Waals surface area (Å²) in [4.78, 5) is 0. The first-order chi connectivity index (χ1) is 12.0. The summed E-state index contributed by atoms with van der Waals surface area (Å²) < 4.78 is 3.96. The third-order valence-electron chi connectivity index (χ3n) is 4.53. The van der Waals surface area contributed by atoms with Crippen molar-refractivity contribution in [3.8, 4) is 0 Å². The predicted molar refractivity (Wildman–Crippen MR) is 100 cm³/mol. The van der Waals surface area contributed by atoms with Gasteiger partial charge in [0.05, 0.1) is 11.4 Å². The normalized spacial score (nSPS) is 12.0. The molecule has 140 valence electrons. The zero-order valence-corrected chi connectivity index (χ0v) is 16.4. The first kappa shape index (κ1) is 19.6. The molecule has 0 bridgehead atoms. The molecule has 2 aromatic heterocycles. The highest BCUT2D eigenvalue weighted by molar-refractivity contribution is 5.06. The third kappa shape index (κ3) is 6.96. The van der Waals surface area contributed by atoms with E-state index in [-0.39, 0.29) is 5.41 Å². The number of rotatable bonds is 11. The lowest BCUT2D eigenvalue weighted by Gasteiger charge is -2.12.